The van der Waals surface area contributed by atoms with Gasteiger partial charge in [0.1, 0.15) is 11.7 Å². The summed E-state index contributed by atoms with van der Waals surface area (Å²) in [6.07, 6.45) is 0. The number of nitrogens with two attached hydrogens (primary N) is 1. The van der Waals surface area contributed by atoms with Gasteiger partial charge in [-0.25, -0.2) is 4.39 Å². The van der Waals surface area contributed by atoms with Gasteiger partial charge in [0, 0.05) is 24.7 Å². The SMILES string of the molecule is CCN(c1ccc(C(=N)N)cc1F)C(C)CN(C)C. The molecule has 0 saturated carbocycles. The maximum absolute atomic E-state index is 14.1. The second-order valence-corrected chi connectivity index (χ2v) is 4.98. The molecule has 19 heavy (non-hydrogen) atoms. The van der Waals surface area contributed by atoms with Crippen molar-refractivity contribution in [1.29, 1.82) is 5.41 Å². The molecule has 0 saturated heterocycles. The van der Waals surface area contributed by atoms with E-state index in [0.717, 1.165) is 13.1 Å². The summed E-state index contributed by atoms with van der Waals surface area (Å²) >= 11 is 0. The van der Waals surface area contributed by atoms with Crippen LogP contribution in [0.15, 0.2) is 18.2 Å². The van der Waals surface area contributed by atoms with Crippen LogP contribution in [0.1, 0.15) is 19.4 Å². The van der Waals surface area contributed by atoms with E-state index in [1.807, 2.05) is 25.9 Å². The Morgan fingerprint density at radius 3 is 2.47 bits per heavy atom. The summed E-state index contributed by atoms with van der Waals surface area (Å²) in [5, 5.41) is 7.32. The number of hydrogen-bond acceptors (Lipinski definition) is 3. The molecule has 0 radical (unpaired) electrons. The predicted octanol–water partition coefficient (Wildman–Crippen LogP) is 1.89. The number of hydrogen-bond donors (Lipinski definition) is 2. The first-order chi connectivity index (χ1) is 8.86. The van der Waals surface area contributed by atoms with Gasteiger partial charge >= 0.3 is 0 Å². The highest BCUT2D eigenvalue weighted by Gasteiger charge is 2.17. The third-order valence-corrected chi connectivity index (χ3v) is 3.07. The summed E-state index contributed by atoms with van der Waals surface area (Å²) in [5.74, 6) is -0.449. The van der Waals surface area contributed by atoms with Crippen LogP contribution in [0.2, 0.25) is 0 Å². The van der Waals surface area contributed by atoms with Crippen LogP contribution in [0.25, 0.3) is 0 Å². The minimum absolute atomic E-state index is 0.116. The smallest absolute Gasteiger partial charge is 0.147 e. The van der Waals surface area contributed by atoms with E-state index in [-0.39, 0.29) is 17.7 Å². The van der Waals surface area contributed by atoms with Crippen molar-refractivity contribution in [3.05, 3.63) is 29.6 Å². The fourth-order valence-electron chi connectivity index (χ4n) is 2.25. The first-order valence-corrected chi connectivity index (χ1v) is 6.42. The molecule has 0 aliphatic heterocycles. The van der Waals surface area contributed by atoms with Crippen LogP contribution in [0, 0.1) is 11.2 Å². The number of nitrogen functional groups attached to an aromatic ring is 1. The topological polar surface area (TPSA) is 56.4 Å². The molecule has 1 aromatic carbocycles. The number of anilines is 1. The number of nitrogens with zero attached hydrogens (tertiary/aromatic N) is 2. The Hall–Kier alpha value is -1.62. The van der Waals surface area contributed by atoms with Gasteiger partial charge in [-0.15, -0.1) is 0 Å². The largest absolute Gasteiger partial charge is 0.384 e. The van der Waals surface area contributed by atoms with Crippen LogP contribution >= 0.6 is 0 Å². The van der Waals surface area contributed by atoms with Gasteiger partial charge in [0.2, 0.25) is 0 Å². The van der Waals surface area contributed by atoms with E-state index in [4.69, 9.17) is 11.1 Å². The highest BCUT2D eigenvalue weighted by atomic mass is 19.1. The highest BCUT2D eigenvalue weighted by Crippen LogP contribution is 2.22. The van der Waals surface area contributed by atoms with Gasteiger partial charge in [-0.2, -0.15) is 0 Å². The van der Waals surface area contributed by atoms with Gasteiger partial charge in [0.05, 0.1) is 5.69 Å². The highest BCUT2D eigenvalue weighted by molar-refractivity contribution is 5.95. The Morgan fingerprint density at radius 2 is 2.05 bits per heavy atom. The van der Waals surface area contributed by atoms with Crippen LogP contribution < -0.4 is 10.6 Å². The molecule has 1 atom stereocenters. The Kier molecular flexibility index (Phi) is 5.30. The van der Waals surface area contributed by atoms with Crippen molar-refractivity contribution in [2.45, 2.75) is 19.9 Å². The monoisotopic (exact) mass is 266 g/mol. The van der Waals surface area contributed by atoms with E-state index in [2.05, 4.69) is 11.8 Å². The molecule has 0 spiro atoms. The summed E-state index contributed by atoms with van der Waals surface area (Å²) in [6.45, 7) is 5.65. The van der Waals surface area contributed by atoms with Crippen molar-refractivity contribution in [3.8, 4) is 0 Å². The van der Waals surface area contributed by atoms with E-state index in [9.17, 15) is 4.39 Å². The number of rotatable bonds is 6. The predicted molar refractivity (Wildman–Crippen MR) is 78.5 cm³/mol. The van der Waals surface area contributed by atoms with Crippen LogP contribution in [-0.2, 0) is 0 Å². The molecule has 1 rings (SSSR count). The molecule has 4 nitrogen and oxygen atoms in total. The summed E-state index contributed by atoms with van der Waals surface area (Å²) in [4.78, 5) is 4.09. The third kappa shape index (κ3) is 3.92. The summed E-state index contributed by atoms with van der Waals surface area (Å²) < 4.78 is 14.1. The van der Waals surface area contributed by atoms with E-state index < -0.39 is 0 Å². The van der Waals surface area contributed by atoms with Gasteiger partial charge < -0.3 is 15.5 Å². The molecule has 0 fully saturated rings. The lowest BCUT2D eigenvalue weighted by atomic mass is 10.1. The molecule has 3 N–H and O–H groups in total. The third-order valence-electron chi connectivity index (χ3n) is 3.07. The molecule has 0 aliphatic carbocycles. The van der Waals surface area contributed by atoms with Crippen molar-refractivity contribution in [1.82, 2.24) is 4.90 Å². The molecule has 1 aromatic rings. The van der Waals surface area contributed by atoms with Crippen LogP contribution in [-0.4, -0.2) is 44.0 Å². The van der Waals surface area contributed by atoms with E-state index >= 15 is 0 Å². The summed E-state index contributed by atoms with van der Waals surface area (Å²) in [7, 11) is 4.00. The second-order valence-electron chi connectivity index (χ2n) is 4.98. The zero-order valence-corrected chi connectivity index (χ0v) is 12.1. The second kappa shape index (κ2) is 6.52. The number of benzene rings is 1. The lowest BCUT2D eigenvalue weighted by molar-refractivity contribution is 0.371. The molecule has 0 aromatic heterocycles. The average Bonchev–Trinajstić information content (AvgIpc) is 2.30. The number of amidine groups is 1. The van der Waals surface area contributed by atoms with E-state index in [1.54, 1.807) is 12.1 Å². The molecular weight excluding hydrogens is 243 g/mol. The lowest BCUT2D eigenvalue weighted by Crippen LogP contribution is -2.40. The minimum Gasteiger partial charge on any atom is -0.384 e. The zero-order chi connectivity index (χ0) is 14.6. The van der Waals surface area contributed by atoms with Gasteiger partial charge in [-0.3, -0.25) is 5.41 Å². The Balaban J connectivity index is 3.02. The summed E-state index contributed by atoms with van der Waals surface area (Å²) in [6, 6.07) is 4.91. The minimum atomic E-state index is -0.333. The van der Waals surface area contributed by atoms with Crippen molar-refractivity contribution < 1.29 is 4.39 Å². The van der Waals surface area contributed by atoms with Crippen LogP contribution in [0.5, 0.6) is 0 Å². The van der Waals surface area contributed by atoms with E-state index in [0.29, 0.717) is 11.3 Å². The zero-order valence-electron chi connectivity index (χ0n) is 12.1. The maximum Gasteiger partial charge on any atom is 0.147 e. The lowest BCUT2D eigenvalue weighted by Gasteiger charge is -2.32. The normalized spacial score (nSPS) is 12.5. The van der Waals surface area contributed by atoms with Crippen LogP contribution in [0.3, 0.4) is 0 Å². The Labute approximate surface area is 114 Å². The van der Waals surface area contributed by atoms with Crippen molar-refractivity contribution in [2.24, 2.45) is 5.73 Å². The van der Waals surface area contributed by atoms with Gasteiger partial charge in [-0.1, -0.05) is 0 Å². The fourth-order valence-corrected chi connectivity index (χ4v) is 2.25. The first kappa shape index (κ1) is 15.4. The number of halogens is 1. The standard InChI is InChI=1S/C14H23FN4/c1-5-19(10(2)9-18(3)4)13-7-6-11(14(16)17)8-12(13)15/h6-8,10H,5,9H2,1-4H3,(H3,16,17). The maximum atomic E-state index is 14.1. The van der Waals surface area contributed by atoms with Gasteiger partial charge in [0.15, 0.2) is 0 Å². The average molecular weight is 266 g/mol. The molecule has 0 bridgehead atoms. The van der Waals surface area contributed by atoms with Crippen LogP contribution in [0.4, 0.5) is 10.1 Å². The molecule has 1 unspecified atom stereocenters. The molecule has 106 valence electrons. The molecule has 0 heterocycles. The number of nitrogens with one attached hydrogen (secondary N) is 1. The Bertz CT molecular complexity index is 445. The first-order valence-electron chi connectivity index (χ1n) is 6.42. The Morgan fingerprint density at radius 1 is 1.42 bits per heavy atom. The number of likely N-dealkylation sites (N-methyl/N-ethyl adjacent to an activating group) is 2. The molecule has 0 amide bonds. The van der Waals surface area contributed by atoms with Gasteiger partial charge in [-0.05, 0) is 46.1 Å². The van der Waals surface area contributed by atoms with Crippen molar-refractivity contribution in [3.63, 3.8) is 0 Å². The van der Waals surface area contributed by atoms with Crippen molar-refractivity contribution in [2.75, 3.05) is 32.1 Å². The quantitative estimate of drug-likeness (QED) is 0.610. The van der Waals surface area contributed by atoms with E-state index in [1.165, 1.54) is 6.07 Å². The molecular formula is C14H23FN4. The summed E-state index contributed by atoms with van der Waals surface area (Å²) in [5.41, 5.74) is 6.34. The fraction of sp³-hybridized carbons (Fsp3) is 0.500. The van der Waals surface area contributed by atoms with Gasteiger partial charge in [0.25, 0.3) is 0 Å². The molecule has 0 aliphatic rings. The molecule has 5 heteroatoms. The van der Waals surface area contributed by atoms with Crippen molar-refractivity contribution >= 4 is 11.5 Å².